The van der Waals surface area contributed by atoms with E-state index < -0.39 is 36.0 Å². The number of hydrogen-bond donors (Lipinski definition) is 2. The molecule has 4 aromatic carbocycles. The molecule has 0 aliphatic heterocycles. The molecule has 53 heavy (non-hydrogen) atoms. The SMILES string of the molecule is COc1ccccc1N(C)C(=O)COc1cccc(N(CC(=O)N(C)c2ccccc2)C(=O)CNC(=O)Nc2cccc(CC(=O)OC(C)(C)C)c2)c1. The number of anilines is 4. The van der Waals surface area contributed by atoms with Crippen LogP contribution in [0.25, 0.3) is 0 Å². The number of methoxy groups -OCH3 is 1. The van der Waals surface area contributed by atoms with Crippen molar-refractivity contribution in [2.45, 2.75) is 32.8 Å². The number of para-hydroxylation sites is 3. The number of ether oxygens (including phenoxy) is 3. The largest absolute Gasteiger partial charge is 0.495 e. The van der Waals surface area contributed by atoms with Gasteiger partial charge in [-0.2, -0.15) is 0 Å². The fourth-order valence-corrected chi connectivity index (χ4v) is 5.11. The second-order valence-corrected chi connectivity index (χ2v) is 13.0. The van der Waals surface area contributed by atoms with Crippen LogP contribution in [0.15, 0.2) is 103 Å². The third kappa shape index (κ3) is 11.8. The van der Waals surface area contributed by atoms with Crippen molar-refractivity contribution >= 4 is 52.5 Å². The van der Waals surface area contributed by atoms with E-state index in [1.54, 1.807) is 132 Å². The molecule has 5 amide bonds. The van der Waals surface area contributed by atoms with E-state index in [1.807, 2.05) is 6.07 Å². The highest BCUT2D eigenvalue weighted by Crippen LogP contribution is 2.27. The summed E-state index contributed by atoms with van der Waals surface area (Å²) in [7, 11) is 4.73. The minimum absolute atomic E-state index is 0.0166. The Balaban J connectivity index is 1.46. The van der Waals surface area contributed by atoms with Gasteiger partial charge in [0.15, 0.2) is 6.61 Å². The standard InChI is InChI=1S/C40H45N5O8/c1-40(2,3)53-38(49)23-28-14-12-15-29(22-28)42-39(50)41-25-35(46)45(26-36(47)43(4)30-16-8-7-9-17-30)31-18-13-19-32(24-31)52-27-37(48)44(5)33-20-10-11-21-34(33)51-6/h7-22,24H,23,25-27H2,1-6H3,(H2,41,42,50). The molecule has 13 nitrogen and oxygen atoms in total. The minimum Gasteiger partial charge on any atom is -0.495 e. The van der Waals surface area contributed by atoms with Crippen molar-refractivity contribution in [3.05, 3.63) is 109 Å². The van der Waals surface area contributed by atoms with Gasteiger partial charge in [-0.25, -0.2) is 4.79 Å². The van der Waals surface area contributed by atoms with Crippen molar-refractivity contribution in [2.24, 2.45) is 0 Å². The van der Waals surface area contributed by atoms with Gasteiger partial charge in [-0.15, -0.1) is 0 Å². The number of nitrogens with one attached hydrogen (secondary N) is 2. The van der Waals surface area contributed by atoms with Crippen molar-refractivity contribution in [3.63, 3.8) is 0 Å². The van der Waals surface area contributed by atoms with Gasteiger partial charge in [-0.05, 0) is 74.9 Å². The van der Waals surface area contributed by atoms with Crippen molar-refractivity contribution in [1.29, 1.82) is 0 Å². The van der Waals surface area contributed by atoms with Crippen LogP contribution in [0.5, 0.6) is 11.5 Å². The molecule has 0 saturated carbocycles. The van der Waals surface area contributed by atoms with E-state index in [4.69, 9.17) is 14.2 Å². The zero-order valence-corrected chi connectivity index (χ0v) is 30.8. The summed E-state index contributed by atoms with van der Waals surface area (Å²) >= 11 is 0. The van der Waals surface area contributed by atoms with E-state index in [2.05, 4.69) is 10.6 Å². The van der Waals surface area contributed by atoms with Crippen molar-refractivity contribution in [3.8, 4) is 11.5 Å². The fourth-order valence-electron chi connectivity index (χ4n) is 5.11. The molecular formula is C40H45N5O8. The summed E-state index contributed by atoms with van der Waals surface area (Å²) in [6.45, 7) is 4.21. The number of esters is 1. The topological polar surface area (TPSA) is 147 Å². The number of amides is 5. The fraction of sp³-hybridized carbons (Fsp3) is 0.275. The summed E-state index contributed by atoms with van der Waals surface area (Å²) < 4.78 is 16.6. The first kappa shape index (κ1) is 39.4. The van der Waals surface area contributed by atoms with Crippen molar-refractivity contribution in [1.82, 2.24) is 5.32 Å². The predicted molar refractivity (Wildman–Crippen MR) is 204 cm³/mol. The first-order chi connectivity index (χ1) is 25.2. The zero-order valence-electron chi connectivity index (χ0n) is 30.8. The number of likely N-dealkylation sites (N-methyl/N-ethyl adjacent to an activating group) is 2. The van der Waals surface area contributed by atoms with Crippen LogP contribution in [-0.4, -0.2) is 76.2 Å². The predicted octanol–water partition coefficient (Wildman–Crippen LogP) is 5.44. The Morgan fingerprint density at radius 2 is 1.40 bits per heavy atom. The van der Waals surface area contributed by atoms with E-state index >= 15 is 0 Å². The van der Waals surface area contributed by atoms with Crippen LogP contribution < -0.4 is 34.8 Å². The molecule has 0 atom stereocenters. The second kappa shape index (κ2) is 18.2. The Morgan fingerprint density at radius 3 is 2.11 bits per heavy atom. The Kier molecular flexibility index (Phi) is 13.5. The molecule has 4 rings (SSSR count). The highest BCUT2D eigenvalue weighted by atomic mass is 16.6. The lowest BCUT2D eigenvalue weighted by molar-refractivity contribution is -0.154. The van der Waals surface area contributed by atoms with Gasteiger partial charge in [0.2, 0.25) is 11.8 Å². The molecule has 2 N–H and O–H groups in total. The maximum absolute atomic E-state index is 13.7. The summed E-state index contributed by atoms with van der Waals surface area (Å²) in [5, 5.41) is 5.22. The molecular weight excluding hydrogens is 678 g/mol. The van der Waals surface area contributed by atoms with E-state index in [1.165, 1.54) is 21.8 Å². The Morgan fingerprint density at radius 1 is 0.717 bits per heavy atom. The van der Waals surface area contributed by atoms with Gasteiger partial charge in [0, 0.05) is 37.2 Å². The van der Waals surface area contributed by atoms with E-state index in [0.717, 1.165) is 0 Å². The lowest BCUT2D eigenvalue weighted by Crippen LogP contribution is -2.46. The van der Waals surface area contributed by atoms with Crippen LogP contribution in [0.3, 0.4) is 0 Å². The summed E-state index contributed by atoms with van der Waals surface area (Å²) in [5.41, 5.74) is 1.92. The normalized spacial score (nSPS) is 10.8. The molecule has 0 aliphatic rings. The van der Waals surface area contributed by atoms with Gasteiger partial charge in [-0.3, -0.25) is 19.2 Å². The van der Waals surface area contributed by atoms with Crippen LogP contribution >= 0.6 is 0 Å². The van der Waals surface area contributed by atoms with Gasteiger partial charge < -0.3 is 39.5 Å². The number of hydrogen-bond acceptors (Lipinski definition) is 8. The smallest absolute Gasteiger partial charge is 0.319 e. The van der Waals surface area contributed by atoms with Crippen LogP contribution in [-0.2, 0) is 30.3 Å². The molecule has 0 spiro atoms. The Hall–Kier alpha value is -6.37. The highest BCUT2D eigenvalue weighted by molar-refractivity contribution is 6.05. The molecule has 0 unspecified atom stereocenters. The quantitative estimate of drug-likeness (QED) is 0.164. The lowest BCUT2D eigenvalue weighted by atomic mass is 10.1. The van der Waals surface area contributed by atoms with Gasteiger partial charge in [0.05, 0.1) is 25.8 Å². The zero-order chi connectivity index (χ0) is 38.5. The molecule has 0 saturated heterocycles. The average molecular weight is 724 g/mol. The molecule has 4 aromatic rings. The van der Waals surface area contributed by atoms with Crippen LogP contribution in [0.4, 0.5) is 27.5 Å². The summed E-state index contributed by atoms with van der Waals surface area (Å²) in [6.07, 6.45) is 0.0166. The third-order valence-electron chi connectivity index (χ3n) is 7.78. The second-order valence-electron chi connectivity index (χ2n) is 13.0. The number of nitrogens with zero attached hydrogens (tertiary/aromatic N) is 3. The van der Waals surface area contributed by atoms with Gasteiger partial charge in [-0.1, -0.05) is 48.5 Å². The van der Waals surface area contributed by atoms with E-state index in [9.17, 15) is 24.0 Å². The average Bonchev–Trinajstić information content (AvgIpc) is 3.14. The Bertz CT molecular complexity index is 1910. The van der Waals surface area contributed by atoms with Gasteiger partial charge in [0.1, 0.15) is 23.6 Å². The summed E-state index contributed by atoms with van der Waals surface area (Å²) in [6, 6.07) is 28.5. The van der Waals surface area contributed by atoms with Gasteiger partial charge >= 0.3 is 12.0 Å². The van der Waals surface area contributed by atoms with E-state index in [-0.39, 0.29) is 31.2 Å². The number of carbonyl (C=O) groups excluding carboxylic acids is 5. The molecule has 0 fully saturated rings. The van der Waals surface area contributed by atoms with E-state index in [0.29, 0.717) is 34.1 Å². The van der Waals surface area contributed by atoms with Crippen molar-refractivity contribution in [2.75, 3.05) is 60.9 Å². The third-order valence-corrected chi connectivity index (χ3v) is 7.78. The van der Waals surface area contributed by atoms with Crippen molar-refractivity contribution < 1.29 is 38.2 Å². The molecule has 0 aliphatic carbocycles. The monoisotopic (exact) mass is 723 g/mol. The number of benzene rings is 4. The number of rotatable bonds is 14. The van der Waals surface area contributed by atoms with Crippen LogP contribution in [0.1, 0.15) is 26.3 Å². The first-order valence-electron chi connectivity index (χ1n) is 16.8. The number of urea groups is 1. The molecule has 0 heterocycles. The molecule has 278 valence electrons. The minimum atomic E-state index is -0.671. The Labute approximate surface area is 309 Å². The molecule has 0 aromatic heterocycles. The highest BCUT2D eigenvalue weighted by Gasteiger charge is 2.24. The maximum Gasteiger partial charge on any atom is 0.319 e. The first-order valence-corrected chi connectivity index (χ1v) is 16.8. The maximum atomic E-state index is 13.7. The van der Waals surface area contributed by atoms with Crippen LogP contribution in [0.2, 0.25) is 0 Å². The molecule has 13 heteroatoms. The number of carbonyl (C=O) groups is 5. The molecule has 0 bridgehead atoms. The summed E-state index contributed by atoms with van der Waals surface area (Å²) in [5.74, 6) is -0.924. The summed E-state index contributed by atoms with van der Waals surface area (Å²) in [4.78, 5) is 69.5. The van der Waals surface area contributed by atoms with Gasteiger partial charge in [0.25, 0.3) is 5.91 Å². The van der Waals surface area contributed by atoms with Crippen LogP contribution in [0, 0.1) is 0 Å². The lowest BCUT2D eigenvalue weighted by Gasteiger charge is -2.26. The molecule has 0 radical (unpaired) electrons.